The number of hydrogen-bond acceptors (Lipinski definition) is 8. The van der Waals surface area contributed by atoms with E-state index in [4.69, 9.17) is 15.2 Å². The highest BCUT2D eigenvalue weighted by Crippen LogP contribution is 2.46. The summed E-state index contributed by atoms with van der Waals surface area (Å²) in [5.41, 5.74) is 7.47. The van der Waals surface area contributed by atoms with Crippen molar-refractivity contribution in [3.05, 3.63) is 53.6 Å². The van der Waals surface area contributed by atoms with Gasteiger partial charge in [0.2, 0.25) is 0 Å². The second kappa shape index (κ2) is 8.66. The summed E-state index contributed by atoms with van der Waals surface area (Å²) < 4.78 is 37.3. The highest BCUT2D eigenvalue weighted by atomic mass is 32.3. The fraction of sp³-hybridized carbons (Fsp3) is 0.333. The number of nitrogens with two attached hydrogens (primary N) is 1. The highest BCUT2D eigenvalue weighted by molar-refractivity contribution is 8.24. The van der Waals surface area contributed by atoms with Crippen molar-refractivity contribution in [3.63, 3.8) is 0 Å². The van der Waals surface area contributed by atoms with E-state index in [0.29, 0.717) is 48.0 Å². The minimum atomic E-state index is -3.34. The summed E-state index contributed by atoms with van der Waals surface area (Å²) in [6, 6.07) is 12.4. The fourth-order valence-corrected chi connectivity index (χ4v) is 4.82. The smallest absolute Gasteiger partial charge is 0.257 e. The average Bonchev–Trinajstić information content (AvgIpc) is 2.76. The second-order valence-corrected chi connectivity index (χ2v) is 8.97. The van der Waals surface area contributed by atoms with Crippen molar-refractivity contribution in [1.29, 1.82) is 0 Å². The molecule has 0 aliphatic carbocycles. The number of benzene rings is 2. The Morgan fingerprint density at radius 3 is 2.84 bits per heavy atom. The predicted molar refractivity (Wildman–Crippen MR) is 121 cm³/mol. The van der Waals surface area contributed by atoms with Gasteiger partial charge in [0, 0.05) is 19.0 Å². The molecule has 1 unspecified atom stereocenters. The third-order valence-corrected chi connectivity index (χ3v) is 6.32. The Kier molecular flexibility index (Phi) is 5.94. The average molecular weight is 447 g/mol. The molecule has 2 aliphatic rings. The van der Waals surface area contributed by atoms with Crippen LogP contribution in [0.25, 0.3) is 0 Å². The van der Waals surface area contributed by atoms with Crippen LogP contribution >= 0.6 is 11.0 Å². The molecule has 4 rings (SSSR count). The molecule has 0 spiro atoms. The van der Waals surface area contributed by atoms with E-state index in [9.17, 15) is 13.9 Å². The molecule has 1 fully saturated rings. The molecular formula is C21H26N4O5S. The van der Waals surface area contributed by atoms with Crippen LogP contribution < -0.4 is 19.9 Å². The summed E-state index contributed by atoms with van der Waals surface area (Å²) in [4.78, 5) is 14.9. The Morgan fingerprint density at radius 1 is 1.26 bits per heavy atom. The van der Waals surface area contributed by atoms with Gasteiger partial charge < -0.3 is 20.1 Å². The Labute approximate surface area is 182 Å². The van der Waals surface area contributed by atoms with Gasteiger partial charge in [0.15, 0.2) is 5.84 Å². The van der Waals surface area contributed by atoms with Gasteiger partial charge in [0.05, 0.1) is 30.5 Å². The molecule has 2 heterocycles. The van der Waals surface area contributed by atoms with Crippen LogP contribution in [0.1, 0.15) is 28.8 Å². The zero-order valence-electron chi connectivity index (χ0n) is 17.2. The zero-order valence-corrected chi connectivity index (χ0v) is 18.0. The van der Waals surface area contributed by atoms with Gasteiger partial charge in [-0.3, -0.25) is 18.6 Å². The number of amidine groups is 1. The summed E-state index contributed by atoms with van der Waals surface area (Å²) in [5, 5.41) is 0. The Morgan fingerprint density at radius 2 is 2.03 bits per heavy atom. The van der Waals surface area contributed by atoms with Crippen LogP contribution in [0.2, 0.25) is 0 Å². The van der Waals surface area contributed by atoms with Crippen LogP contribution in [0.4, 0.5) is 5.69 Å². The first-order chi connectivity index (χ1) is 14.9. The molecule has 166 valence electrons. The monoisotopic (exact) mass is 446 g/mol. The molecule has 1 amide bonds. The molecule has 2 aromatic carbocycles. The van der Waals surface area contributed by atoms with E-state index in [1.807, 2.05) is 17.0 Å². The first kappa shape index (κ1) is 21.3. The molecule has 9 nitrogen and oxygen atoms in total. The number of nitrogens with one attached hydrogen (secondary N) is 1. The van der Waals surface area contributed by atoms with Crippen molar-refractivity contribution in [2.45, 2.75) is 12.8 Å². The number of hydrogen-bond donors (Lipinski definition) is 4. The summed E-state index contributed by atoms with van der Waals surface area (Å²) in [6.07, 6.45) is 1.82. The number of ether oxygens (including phenoxy) is 2. The number of anilines is 1. The fourth-order valence-electron chi connectivity index (χ4n) is 3.94. The predicted octanol–water partition coefficient (Wildman–Crippen LogP) is 3.34. The van der Waals surface area contributed by atoms with E-state index in [2.05, 4.69) is 9.12 Å². The third kappa shape index (κ3) is 4.55. The number of carbonyl (C=O) groups is 1. The summed E-state index contributed by atoms with van der Waals surface area (Å²) in [5.74, 6) is 1.19. The lowest BCUT2D eigenvalue weighted by Crippen LogP contribution is -2.41. The van der Waals surface area contributed by atoms with Crippen LogP contribution in [-0.4, -0.2) is 52.6 Å². The lowest BCUT2D eigenvalue weighted by molar-refractivity contribution is 0.0630. The van der Waals surface area contributed by atoms with Crippen molar-refractivity contribution >= 4 is 28.4 Å². The van der Waals surface area contributed by atoms with Crippen molar-refractivity contribution in [2.24, 2.45) is 16.0 Å². The van der Waals surface area contributed by atoms with Crippen molar-refractivity contribution < 1.29 is 23.4 Å². The van der Waals surface area contributed by atoms with Crippen LogP contribution in [0, 0.1) is 5.92 Å². The molecule has 1 atom stereocenters. The largest absolute Gasteiger partial charge is 0.496 e. The summed E-state index contributed by atoms with van der Waals surface area (Å²) in [7, 11) is -1.79. The molecule has 2 aromatic rings. The number of para-hydroxylation sites is 1. The maximum absolute atomic E-state index is 13.0. The van der Waals surface area contributed by atoms with E-state index < -0.39 is 11.0 Å². The minimum absolute atomic E-state index is 0.0148. The molecule has 0 aromatic heterocycles. The molecule has 1 saturated heterocycles. The number of carbonyl (C=O) groups excluding carboxylic acids is 1. The first-order valence-corrected chi connectivity index (χ1v) is 11.5. The van der Waals surface area contributed by atoms with Crippen molar-refractivity contribution in [2.75, 3.05) is 31.5 Å². The number of amides is 1. The molecule has 0 radical (unpaired) electrons. The zero-order chi connectivity index (χ0) is 22.0. The number of rotatable bonds is 5. The number of piperidine rings is 1. The number of fused-ring (bicyclic) bond motifs is 1. The number of nitrogens with zero attached hydrogens (tertiary/aromatic N) is 2. The van der Waals surface area contributed by atoms with E-state index in [-0.39, 0.29) is 17.7 Å². The standard InChI is InChI=1S/C21H26N4O5S/c1-29-17-9-3-2-7-15(17)21(26)25-11-5-6-14(12-25)13-30-18-10-4-8-16-19(18)20(22)24-31(27,28)23-16/h2-4,7-10,14,23,27-28H,5-6,11-13H2,1H3,(H2,22,24). The molecule has 0 saturated carbocycles. The second-order valence-electron chi connectivity index (χ2n) is 7.55. The Balaban J connectivity index is 1.44. The Hall–Kier alpha value is -2.95. The van der Waals surface area contributed by atoms with Gasteiger partial charge in [-0.1, -0.05) is 18.2 Å². The number of methoxy groups -OCH3 is 1. The molecular weight excluding hydrogens is 420 g/mol. The van der Waals surface area contributed by atoms with Crippen molar-refractivity contribution in [3.8, 4) is 11.5 Å². The first-order valence-electron chi connectivity index (χ1n) is 9.98. The normalized spacial score (nSPS) is 20.7. The van der Waals surface area contributed by atoms with Gasteiger partial charge in [0.1, 0.15) is 11.5 Å². The molecule has 5 N–H and O–H groups in total. The topological polar surface area (TPSA) is 130 Å². The lowest BCUT2D eigenvalue weighted by atomic mass is 9.98. The van der Waals surface area contributed by atoms with Gasteiger partial charge >= 0.3 is 0 Å². The molecule has 10 heteroatoms. The SMILES string of the molecule is COc1ccccc1C(=O)N1CCCC(COc2cccc3c2C(N)=NS(O)(O)N3)C1. The molecule has 0 bridgehead atoms. The quantitative estimate of drug-likeness (QED) is 0.554. The van der Waals surface area contributed by atoms with Gasteiger partial charge in [0.25, 0.3) is 5.91 Å². The maximum atomic E-state index is 13.0. The van der Waals surface area contributed by atoms with E-state index in [0.717, 1.165) is 12.8 Å². The third-order valence-electron chi connectivity index (χ3n) is 5.37. The van der Waals surface area contributed by atoms with Gasteiger partial charge in [-0.05, 0) is 48.1 Å². The van der Waals surface area contributed by atoms with Crippen LogP contribution in [0.5, 0.6) is 11.5 Å². The summed E-state index contributed by atoms with van der Waals surface area (Å²) in [6.45, 7) is 1.67. The van der Waals surface area contributed by atoms with E-state index in [1.165, 1.54) is 0 Å². The van der Waals surface area contributed by atoms with Gasteiger partial charge in [-0.15, -0.1) is 4.40 Å². The van der Waals surface area contributed by atoms with Crippen LogP contribution in [-0.2, 0) is 0 Å². The van der Waals surface area contributed by atoms with Crippen molar-refractivity contribution in [1.82, 2.24) is 4.90 Å². The number of likely N-dealkylation sites (tertiary alicyclic amines) is 1. The lowest BCUT2D eigenvalue weighted by Gasteiger charge is -2.34. The Bertz CT molecular complexity index is 1010. The van der Waals surface area contributed by atoms with E-state index in [1.54, 1.807) is 37.4 Å². The highest BCUT2D eigenvalue weighted by Gasteiger charge is 2.28. The van der Waals surface area contributed by atoms with Gasteiger partial charge in [-0.25, -0.2) is 0 Å². The molecule has 31 heavy (non-hydrogen) atoms. The van der Waals surface area contributed by atoms with Crippen LogP contribution in [0.3, 0.4) is 0 Å². The summed E-state index contributed by atoms with van der Waals surface area (Å²) >= 11 is 0. The van der Waals surface area contributed by atoms with E-state index >= 15 is 0 Å². The minimum Gasteiger partial charge on any atom is -0.496 e. The van der Waals surface area contributed by atoms with Gasteiger partial charge in [-0.2, -0.15) is 0 Å². The molecule has 2 aliphatic heterocycles. The maximum Gasteiger partial charge on any atom is 0.257 e. The van der Waals surface area contributed by atoms with Crippen LogP contribution in [0.15, 0.2) is 46.9 Å².